The molecule has 158 valence electrons. The molecule has 2 N–H and O–H groups in total. The molecule has 30 heavy (non-hydrogen) atoms. The molecule has 0 fully saturated rings. The molecule has 0 aliphatic heterocycles. The summed E-state index contributed by atoms with van der Waals surface area (Å²) in [5.41, 5.74) is 2.87. The maximum Gasteiger partial charge on any atom is 0.123 e. The molecular formula is C26H31NO3. The van der Waals surface area contributed by atoms with Crippen molar-refractivity contribution in [1.82, 2.24) is 5.32 Å². The number of benzene rings is 3. The molecule has 0 spiro atoms. The van der Waals surface area contributed by atoms with Gasteiger partial charge in [-0.25, -0.2) is 0 Å². The Kier molecular flexibility index (Phi) is 7.50. The zero-order valence-electron chi connectivity index (χ0n) is 18.0. The largest absolute Gasteiger partial charge is 0.489 e. The van der Waals surface area contributed by atoms with Gasteiger partial charge in [0.15, 0.2) is 0 Å². The van der Waals surface area contributed by atoms with Gasteiger partial charge in [0.05, 0.1) is 6.10 Å². The Hall–Kier alpha value is -2.82. The first-order chi connectivity index (χ1) is 14.4. The van der Waals surface area contributed by atoms with Crippen molar-refractivity contribution in [2.75, 3.05) is 6.54 Å². The molecule has 3 aromatic rings. The van der Waals surface area contributed by atoms with Crippen molar-refractivity contribution in [3.05, 3.63) is 95.6 Å². The van der Waals surface area contributed by atoms with E-state index in [1.807, 2.05) is 78.9 Å². The molecule has 0 unspecified atom stereocenters. The number of β-amino-alcohol motifs (C(OH)–C–C–N with tert-alkyl or cyclic N) is 1. The van der Waals surface area contributed by atoms with E-state index in [2.05, 4.69) is 26.1 Å². The molecule has 0 saturated carbocycles. The number of nitrogens with one attached hydrogen (secondary N) is 1. The highest BCUT2D eigenvalue weighted by atomic mass is 16.5. The van der Waals surface area contributed by atoms with Gasteiger partial charge in [0.25, 0.3) is 0 Å². The lowest BCUT2D eigenvalue weighted by Crippen LogP contribution is -2.38. The van der Waals surface area contributed by atoms with Crippen molar-refractivity contribution >= 4 is 0 Å². The fourth-order valence-electron chi connectivity index (χ4n) is 2.96. The van der Waals surface area contributed by atoms with E-state index in [9.17, 15) is 5.11 Å². The summed E-state index contributed by atoms with van der Waals surface area (Å²) < 4.78 is 12.0. The van der Waals surface area contributed by atoms with Crippen LogP contribution in [-0.2, 0) is 13.2 Å². The first-order valence-corrected chi connectivity index (χ1v) is 10.3. The topological polar surface area (TPSA) is 50.7 Å². The molecule has 0 aliphatic carbocycles. The van der Waals surface area contributed by atoms with Gasteiger partial charge in [-0.15, -0.1) is 0 Å². The van der Waals surface area contributed by atoms with Gasteiger partial charge in [-0.3, -0.25) is 0 Å². The van der Waals surface area contributed by atoms with Crippen molar-refractivity contribution in [3.63, 3.8) is 0 Å². The Morgan fingerprint density at radius 3 is 1.67 bits per heavy atom. The van der Waals surface area contributed by atoms with E-state index in [0.717, 1.165) is 16.7 Å². The molecule has 3 rings (SSSR count). The fraction of sp³-hybridized carbons (Fsp3) is 0.308. The van der Waals surface area contributed by atoms with Crippen molar-refractivity contribution in [2.45, 2.75) is 45.6 Å². The van der Waals surface area contributed by atoms with Gasteiger partial charge in [-0.2, -0.15) is 0 Å². The Balaban J connectivity index is 1.75. The van der Waals surface area contributed by atoms with Gasteiger partial charge in [0, 0.05) is 18.2 Å². The third-order valence-corrected chi connectivity index (χ3v) is 4.61. The predicted molar refractivity (Wildman–Crippen MR) is 121 cm³/mol. The van der Waals surface area contributed by atoms with Crippen LogP contribution in [0.3, 0.4) is 0 Å². The summed E-state index contributed by atoms with van der Waals surface area (Å²) in [7, 11) is 0. The van der Waals surface area contributed by atoms with Gasteiger partial charge in [0.1, 0.15) is 24.7 Å². The van der Waals surface area contributed by atoms with Crippen molar-refractivity contribution in [2.24, 2.45) is 0 Å². The van der Waals surface area contributed by atoms with Gasteiger partial charge < -0.3 is 19.9 Å². The molecule has 0 radical (unpaired) electrons. The first-order valence-electron chi connectivity index (χ1n) is 10.3. The van der Waals surface area contributed by atoms with Crippen LogP contribution in [0, 0.1) is 0 Å². The van der Waals surface area contributed by atoms with E-state index in [1.54, 1.807) is 0 Å². The summed E-state index contributed by atoms with van der Waals surface area (Å²) in [6.45, 7) is 7.59. The summed E-state index contributed by atoms with van der Waals surface area (Å²) in [5.74, 6) is 1.35. The van der Waals surface area contributed by atoms with Crippen molar-refractivity contribution in [3.8, 4) is 11.5 Å². The molecule has 0 heterocycles. The lowest BCUT2D eigenvalue weighted by Gasteiger charge is -2.23. The molecule has 0 aromatic heterocycles. The maximum atomic E-state index is 10.7. The lowest BCUT2D eigenvalue weighted by molar-refractivity contribution is 0.162. The Labute approximate surface area is 179 Å². The van der Waals surface area contributed by atoms with E-state index in [1.165, 1.54) is 0 Å². The van der Waals surface area contributed by atoms with Gasteiger partial charge in [0.2, 0.25) is 0 Å². The molecule has 4 heteroatoms. The second kappa shape index (κ2) is 10.3. The van der Waals surface area contributed by atoms with Crippen LogP contribution < -0.4 is 14.8 Å². The Morgan fingerprint density at radius 2 is 1.23 bits per heavy atom. The second-order valence-corrected chi connectivity index (χ2v) is 8.43. The van der Waals surface area contributed by atoms with Crippen LogP contribution in [-0.4, -0.2) is 17.2 Å². The van der Waals surface area contributed by atoms with E-state index in [-0.39, 0.29) is 5.54 Å². The molecule has 0 saturated heterocycles. The van der Waals surface area contributed by atoms with E-state index >= 15 is 0 Å². The van der Waals surface area contributed by atoms with Crippen molar-refractivity contribution in [1.29, 1.82) is 0 Å². The number of hydrogen-bond donors (Lipinski definition) is 2. The number of aliphatic hydroxyl groups excluding tert-OH is 1. The SMILES string of the molecule is CC(C)(C)NC[C@@H](O)c1cc(OCc2ccccc2)cc(OCc2ccccc2)c1. The molecule has 0 aliphatic rings. The normalized spacial score (nSPS) is 12.4. The van der Waals surface area contributed by atoms with Crippen LogP contribution in [0.15, 0.2) is 78.9 Å². The van der Waals surface area contributed by atoms with Crippen LogP contribution in [0.4, 0.5) is 0 Å². The molecule has 4 nitrogen and oxygen atoms in total. The van der Waals surface area contributed by atoms with E-state index in [4.69, 9.17) is 9.47 Å². The van der Waals surface area contributed by atoms with Crippen molar-refractivity contribution < 1.29 is 14.6 Å². The summed E-state index contributed by atoms with van der Waals surface area (Å²) in [6, 6.07) is 25.7. The smallest absolute Gasteiger partial charge is 0.123 e. The number of rotatable bonds is 9. The second-order valence-electron chi connectivity index (χ2n) is 8.43. The highest BCUT2D eigenvalue weighted by Crippen LogP contribution is 2.28. The Morgan fingerprint density at radius 1 is 0.767 bits per heavy atom. The third kappa shape index (κ3) is 7.21. The first kappa shape index (κ1) is 21.9. The van der Waals surface area contributed by atoms with Crippen LogP contribution in [0.1, 0.15) is 43.6 Å². The standard InChI is InChI=1S/C26H31NO3/c1-26(2,3)27-17-25(28)22-14-23(29-18-20-10-6-4-7-11-20)16-24(15-22)30-19-21-12-8-5-9-13-21/h4-16,25,27-28H,17-19H2,1-3H3/t25-/m1/s1. The van der Waals surface area contributed by atoms with E-state index < -0.39 is 6.10 Å². The van der Waals surface area contributed by atoms with Crippen LogP contribution in [0.5, 0.6) is 11.5 Å². The summed E-state index contributed by atoms with van der Waals surface area (Å²) in [5, 5.41) is 14.1. The predicted octanol–water partition coefficient (Wildman–Crippen LogP) is 5.27. The zero-order chi connectivity index (χ0) is 21.4. The molecule has 1 atom stereocenters. The highest BCUT2D eigenvalue weighted by Gasteiger charge is 2.16. The summed E-state index contributed by atoms with van der Waals surface area (Å²) in [6.07, 6.45) is -0.663. The molecular weight excluding hydrogens is 374 g/mol. The molecule has 0 bridgehead atoms. The van der Waals surface area contributed by atoms with Gasteiger partial charge in [-0.05, 0) is 49.6 Å². The lowest BCUT2D eigenvalue weighted by atomic mass is 10.1. The third-order valence-electron chi connectivity index (χ3n) is 4.61. The number of aliphatic hydroxyl groups is 1. The minimum Gasteiger partial charge on any atom is -0.489 e. The molecule has 3 aromatic carbocycles. The number of hydrogen-bond acceptors (Lipinski definition) is 4. The monoisotopic (exact) mass is 405 g/mol. The minimum absolute atomic E-state index is 0.0744. The van der Waals surface area contributed by atoms with Crippen LogP contribution in [0.25, 0.3) is 0 Å². The fourth-order valence-corrected chi connectivity index (χ4v) is 2.96. The van der Waals surface area contributed by atoms with Crippen LogP contribution >= 0.6 is 0 Å². The average molecular weight is 406 g/mol. The van der Waals surface area contributed by atoms with Crippen LogP contribution in [0.2, 0.25) is 0 Å². The number of ether oxygens (including phenoxy) is 2. The van der Waals surface area contributed by atoms with Gasteiger partial charge >= 0.3 is 0 Å². The van der Waals surface area contributed by atoms with Gasteiger partial charge in [-0.1, -0.05) is 60.7 Å². The zero-order valence-corrected chi connectivity index (χ0v) is 18.0. The summed E-state index contributed by atoms with van der Waals surface area (Å²) >= 11 is 0. The van der Waals surface area contributed by atoms with E-state index in [0.29, 0.717) is 31.3 Å². The minimum atomic E-state index is -0.663. The molecule has 0 amide bonds. The average Bonchev–Trinajstić information content (AvgIpc) is 2.75. The highest BCUT2D eigenvalue weighted by molar-refractivity contribution is 5.40. The summed E-state index contributed by atoms with van der Waals surface area (Å²) in [4.78, 5) is 0. The quantitative estimate of drug-likeness (QED) is 0.509. The Bertz CT molecular complexity index is 843. The maximum absolute atomic E-state index is 10.7.